The van der Waals surface area contributed by atoms with E-state index in [0.29, 0.717) is 11.5 Å². The number of aromatic nitrogens is 1. The molecular weight excluding hydrogens is 625 g/mol. The van der Waals surface area contributed by atoms with Gasteiger partial charge in [0.15, 0.2) is 11.2 Å². The van der Waals surface area contributed by atoms with Gasteiger partial charge in [-0.1, -0.05) is 121 Å². The molecule has 51 heavy (non-hydrogen) atoms. The molecular formula is C47H30N2O2. The third-order valence-corrected chi connectivity index (χ3v) is 9.67. The lowest BCUT2D eigenvalue weighted by Gasteiger charge is -2.26. The Bertz CT molecular complexity index is 2850. The van der Waals surface area contributed by atoms with Crippen LogP contribution in [0.4, 0.5) is 17.1 Å². The van der Waals surface area contributed by atoms with Crippen molar-refractivity contribution in [2.75, 3.05) is 4.90 Å². The summed E-state index contributed by atoms with van der Waals surface area (Å²) in [5, 5.41) is 4.46. The van der Waals surface area contributed by atoms with Crippen molar-refractivity contribution in [2.24, 2.45) is 0 Å². The molecule has 0 aliphatic carbocycles. The van der Waals surface area contributed by atoms with Crippen LogP contribution < -0.4 is 4.90 Å². The number of hydrogen-bond donors (Lipinski definition) is 0. The lowest BCUT2D eigenvalue weighted by molar-refractivity contribution is 0.617. The van der Waals surface area contributed by atoms with Gasteiger partial charge in [0.25, 0.3) is 0 Å². The van der Waals surface area contributed by atoms with Crippen LogP contribution in [0.2, 0.25) is 0 Å². The zero-order chi connectivity index (χ0) is 33.7. The first-order valence-corrected chi connectivity index (χ1v) is 17.1. The summed E-state index contributed by atoms with van der Waals surface area (Å²) in [4.78, 5) is 7.14. The first-order valence-electron chi connectivity index (χ1n) is 17.1. The molecule has 0 bridgehead atoms. The minimum Gasteiger partial charge on any atom is -0.454 e. The molecule has 0 amide bonds. The molecule has 2 heterocycles. The monoisotopic (exact) mass is 654 g/mol. The Hall–Kier alpha value is -6.91. The molecule has 0 aliphatic rings. The normalized spacial score (nSPS) is 11.5. The van der Waals surface area contributed by atoms with E-state index >= 15 is 0 Å². The van der Waals surface area contributed by atoms with Gasteiger partial charge in [-0.15, -0.1) is 0 Å². The van der Waals surface area contributed by atoms with Crippen molar-refractivity contribution in [1.29, 1.82) is 0 Å². The Morgan fingerprint density at radius 2 is 1.06 bits per heavy atom. The largest absolute Gasteiger partial charge is 0.454 e. The number of furan rings is 1. The molecule has 240 valence electrons. The summed E-state index contributed by atoms with van der Waals surface area (Å²) in [5.41, 5.74) is 11.6. The Morgan fingerprint density at radius 1 is 0.392 bits per heavy atom. The van der Waals surface area contributed by atoms with Gasteiger partial charge >= 0.3 is 0 Å². The molecule has 0 unspecified atom stereocenters. The summed E-state index contributed by atoms with van der Waals surface area (Å²) in [7, 11) is 0. The first-order chi connectivity index (χ1) is 25.2. The van der Waals surface area contributed by atoms with Crippen LogP contribution >= 0.6 is 0 Å². The number of hydrogen-bond acceptors (Lipinski definition) is 4. The standard InChI is InChI=1S/C47H30N2O2/c1-3-11-31(12-4-1)33-23-25-38(26-24-33)49(39-18-9-17-36(28-39)37-22-21-32-13-7-8-16-35(32)27-37)43-20-10-19-40-41-29-42-45(30-44(41)50-46(40)43)51-47(48-42)34-14-5-2-6-15-34/h1-30H. The average molecular weight is 655 g/mol. The van der Waals surface area contributed by atoms with Gasteiger partial charge in [-0.05, 0) is 87.6 Å². The van der Waals surface area contributed by atoms with Crippen LogP contribution in [0.5, 0.6) is 0 Å². The molecule has 10 rings (SSSR count). The number of benzene rings is 8. The van der Waals surface area contributed by atoms with Gasteiger partial charge in [0, 0.05) is 33.8 Å². The number of oxazole rings is 1. The quantitative estimate of drug-likeness (QED) is 0.179. The second-order valence-corrected chi connectivity index (χ2v) is 12.8. The highest BCUT2D eigenvalue weighted by Gasteiger charge is 2.21. The summed E-state index contributed by atoms with van der Waals surface area (Å²) in [6.45, 7) is 0. The number of fused-ring (bicyclic) bond motifs is 5. The van der Waals surface area contributed by atoms with E-state index in [1.165, 1.54) is 21.9 Å². The topological polar surface area (TPSA) is 42.4 Å². The highest BCUT2D eigenvalue weighted by Crippen LogP contribution is 2.44. The number of para-hydroxylation sites is 1. The van der Waals surface area contributed by atoms with Crippen molar-refractivity contribution in [3.05, 3.63) is 182 Å². The van der Waals surface area contributed by atoms with Gasteiger partial charge in [0.2, 0.25) is 5.89 Å². The molecule has 0 fully saturated rings. The van der Waals surface area contributed by atoms with Crippen LogP contribution in [0, 0.1) is 0 Å². The molecule has 0 aliphatic heterocycles. The lowest BCUT2D eigenvalue weighted by atomic mass is 10.00. The molecule has 0 saturated carbocycles. The molecule has 2 aromatic heterocycles. The molecule has 0 radical (unpaired) electrons. The van der Waals surface area contributed by atoms with Gasteiger partial charge in [0.05, 0.1) is 5.69 Å². The first kappa shape index (κ1) is 29.0. The summed E-state index contributed by atoms with van der Waals surface area (Å²) in [5.74, 6) is 0.597. The average Bonchev–Trinajstić information content (AvgIpc) is 3.79. The van der Waals surface area contributed by atoms with E-state index < -0.39 is 0 Å². The van der Waals surface area contributed by atoms with Crippen molar-refractivity contribution in [2.45, 2.75) is 0 Å². The third kappa shape index (κ3) is 5.13. The van der Waals surface area contributed by atoms with Crippen LogP contribution in [-0.4, -0.2) is 4.98 Å². The highest BCUT2D eigenvalue weighted by atomic mass is 16.4. The predicted molar refractivity (Wildman–Crippen MR) is 210 cm³/mol. The van der Waals surface area contributed by atoms with Crippen LogP contribution in [0.3, 0.4) is 0 Å². The van der Waals surface area contributed by atoms with Crippen LogP contribution in [0.1, 0.15) is 0 Å². The summed E-state index contributed by atoms with van der Waals surface area (Å²) in [6, 6.07) is 63.5. The van der Waals surface area contributed by atoms with Crippen LogP contribution in [-0.2, 0) is 0 Å². The van der Waals surface area contributed by atoms with E-state index in [9.17, 15) is 0 Å². The maximum Gasteiger partial charge on any atom is 0.227 e. The van der Waals surface area contributed by atoms with Crippen molar-refractivity contribution in [3.8, 4) is 33.7 Å². The minimum absolute atomic E-state index is 0.597. The fourth-order valence-electron chi connectivity index (χ4n) is 7.14. The number of anilines is 3. The molecule has 0 atom stereocenters. The van der Waals surface area contributed by atoms with Crippen molar-refractivity contribution in [1.82, 2.24) is 4.98 Å². The van der Waals surface area contributed by atoms with Gasteiger partial charge < -0.3 is 13.7 Å². The fourth-order valence-corrected chi connectivity index (χ4v) is 7.14. The van der Waals surface area contributed by atoms with Crippen molar-refractivity contribution >= 4 is 60.9 Å². The smallest absolute Gasteiger partial charge is 0.227 e. The van der Waals surface area contributed by atoms with E-state index in [4.69, 9.17) is 13.8 Å². The number of nitrogens with zero attached hydrogens (tertiary/aromatic N) is 2. The van der Waals surface area contributed by atoms with Crippen LogP contribution in [0.15, 0.2) is 191 Å². The Labute approximate surface area is 294 Å². The van der Waals surface area contributed by atoms with Gasteiger partial charge in [0.1, 0.15) is 11.1 Å². The van der Waals surface area contributed by atoms with E-state index in [1.807, 2.05) is 42.5 Å². The molecule has 4 heteroatoms. The van der Waals surface area contributed by atoms with E-state index in [0.717, 1.165) is 61.2 Å². The zero-order valence-corrected chi connectivity index (χ0v) is 27.5. The minimum atomic E-state index is 0.597. The third-order valence-electron chi connectivity index (χ3n) is 9.67. The van der Waals surface area contributed by atoms with Crippen molar-refractivity contribution in [3.63, 3.8) is 0 Å². The van der Waals surface area contributed by atoms with Gasteiger partial charge in [-0.2, -0.15) is 0 Å². The van der Waals surface area contributed by atoms with Gasteiger partial charge in [-0.3, -0.25) is 0 Å². The highest BCUT2D eigenvalue weighted by molar-refractivity contribution is 6.13. The second-order valence-electron chi connectivity index (χ2n) is 12.8. The van der Waals surface area contributed by atoms with E-state index in [2.05, 4.69) is 144 Å². The predicted octanol–water partition coefficient (Wildman–Crippen LogP) is 13.4. The fraction of sp³-hybridized carbons (Fsp3) is 0. The molecule has 4 nitrogen and oxygen atoms in total. The Kier molecular flexibility index (Phi) is 6.78. The SMILES string of the molecule is c1ccc(-c2ccc(N(c3cccc(-c4ccc5ccccc5c4)c3)c3cccc4c3oc3cc5oc(-c6ccccc6)nc5cc34)cc2)cc1. The van der Waals surface area contributed by atoms with Crippen LogP contribution in [0.25, 0.3) is 77.5 Å². The second kappa shape index (κ2) is 11.9. The Balaban J connectivity index is 1.14. The summed E-state index contributed by atoms with van der Waals surface area (Å²) in [6.07, 6.45) is 0. The summed E-state index contributed by atoms with van der Waals surface area (Å²) < 4.78 is 13.0. The zero-order valence-electron chi connectivity index (χ0n) is 27.5. The summed E-state index contributed by atoms with van der Waals surface area (Å²) >= 11 is 0. The van der Waals surface area contributed by atoms with E-state index in [-0.39, 0.29) is 0 Å². The molecule has 0 saturated heterocycles. The van der Waals surface area contributed by atoms with E-state index in [1.54, 1.807) is 0 Å². The number of rotatable bonds is 6. The van der Waals surface area contributed by atoms with Gasteiger partial charge in [-0.25, -0.2) is 4.98 Å². The maximum absolute atomic E-state index is 6.76. The Morgan fingerprint density at radius 3 is 1.88 bits per heavy atom. The maximum atomic E-state index is 6.76. The lowest BCUT2D eigenvalue weighted by Crippen LogP contribution is -2.10. The molecule has 0 N–H and O–H groups in total. The molecule has 0 spiro atoms. The molecule has 8 aromatic carbocycles. The molecule has 10 aromatic rings. The van der Waals surface area contributed by atoms with Crippen molar-refractivity contribution < 1.29 is 8.83 Å².